The molecule has 9 aromatic rings. The number of hydrogen-bond acceptors (Lipinski definition) is 4. The summed E-state index contributed by atoms with van der Waals surface area (Å²) < 4.78 is 6.69. The lowest BCUT2D eigenvalue weighted by atomic mass is 9.96. The third-order valence-electron chi connectivity index (χ3n) is 9.90. The fourth-order valence-corrected chi connectivity index (χ4v) is 7.32. The highest BCUT2D eigenvalue weighted by molar-refractivity contribution is 6.25. The first-order chi connectivity index (χ1) is 25.2. The van der Waals surface area contributed by atoms with E-state index >= 15 is 0 Å². The van der Waals surface area contributed by atoms with Crippen molar-refractivity contribution in [3.63, 3.8) is 0 Å². The molecule has 1 atom stereocenters. The number of fused-ring (bicyclic) bond motifs is 5. The van der Waals surface area contributed by atoms with Gasteiger partial charge in [0.1, 0.15) is 22.8 Å². The molecule has 1 unspecified atom stereocenters. The van der Waals surface area contributed by atoms with Gasteiger partial charge in [0.05, 0.1) is 0 Å². The second-order valence-electron chi connectivity index (χ2n) is 13.0. The first-order valence-electron chi connectivity index (χ1n) is 17.3. The largest absolute Gasteiger partial charge is 0.455 e. The zero-order valence-electron chi connectivity index (χ0n) is 27.6. The Morgan fingerprint density at radius 1 is 0.431 bits per heavy atom. The molecule has 0 fully saturated rings. The Morgan fingerprint density at radius 2 is 1.06 bits per heavy atom. The predicted octanol–water partition coefficient (Wildman–Crippen LogP) is 11.7. The maximum Gasteiger partial charge on any atom is 0.169 e. The van der Waals surface area contributed by atoms with E-state index in [1.54, 1.807) is 0 Å². The molecule has 1 N–H and O–H groups in total. The van der Waals surface area contributed by atoms with E-state index in [-0.39, 0.29) is 0 Å². The molecular formula is C47H31N3O. The van der Waals surface area contributed by atoms with Crippen molar-refractivity contribution in [3.8, 4) is 22.3 Å². The lowest BCUT2D eigenvalue weighted by Gasteiger charge is -2.23. The second-order valence-corrected chi connectivity index (χ2v) is 13.0. The molecule has 2 heterocycles. The number of nitrogens with zero attached hydrogens (tertiary/aromatic N) is 2. The van der Waals surface area contributed by atoms with Crippen molar-refractivity contribution in [2.45, 2.75) is 6.17 Å². The Hall–Kier alpha value is -6.78. The highest BCUT2D eigenvalue weighted by Gasteiger charge is 2.25. The molecule has 4 nitrogen and oxygen atoms in total. The maximum atomic E-state index is 6.69. The normalized spacial score (nSPS) is 14.5. The molecule has 1 aromatic heterocycles. The van der Waals surface area contributed by atoms with Crippen LogP contribution in [0.3, 0.4) is 0 Å². The molecule has 0 radical (unpaired) electrons. The SMILES string of the molecule is c1ccc(C2=NC(c3ccc4ccc(-c5ccccc5)cc4c3)N=C(c3ccc(-c4ccc5ccccc5c4)c4oc5ccccc5c34)N2)cc1. The van der Waals surface area contributed by atoms with Crippen LogP contribution in [-0.4, -0.2) is 11.7 Å². The van der Waals surface area contributed by atoms with Gasteiger partial charge in [-0.25, -0.2) is 9.98 Å². The minimum Gasteiger partial charge on any atom is -0.455 e. The Labute approximate surface area is 295 Å². The van der Waals surface area contributed by atoms with E-state index in [0.29, 0.717) is 0 Å². The van der Waals surface area contributed by atoms with Crippen LogP contribution in [0.1, 0.15) is 22.9 Å². The highest BCUT2D eigenvalue weighted by Crippen LogP contribution is 2.40. The zero-order chi connectivity index (χ0) is 33.7. The summed E-state index contributed by atoms with van der Waals surface area (Å²) >= 11 is 0. The Kier molecular flexibility index (Phi) is 6.85. The molecule has 8 aromatic carbocycles. The molecule has 4 heteroatoms. The van der Waals surface area contributed by atoms with Crippen molar-refractivity contribution in [2.75, 3.05) is 0 Å². The minimum atomic E-state index is -0.449. The first kappa shape index (κ1) is 29.2. The van der Waals surface area contributed by atoms with E-state index in [9.17, 15) is 0 Å². The summed E-state index contributed by atoms with van der Waals surface area (Å²) in [6.45, 7) is 0. The van der Waals surface area contributed by atoms with Gasteiger partial charge in [-0.05, 0) is 80.2 Å². The molecule has 240 valence electrons. The highest BCUT2D eigenvalue weighted by atomic mass is 16.3. The number of rotatable bonds is 5. The number of aliphatic imine (C=N–C) groups is 2. The Balaban J connectivity index is 1.15. The number of para-hydroxylation sites is 1. The second kappa shape index (κ2) is 12.0. The number of benzene rings is 8. The van der Waals surface area contributed by atoms with Crippen molar-refractivity contribution in [2.24, 2.45) is 9.98 Å². The van der Waals surface area contributed by atoms with E-state index in [1.807, 2.05) is 30.3 Å². The summed E-state index contributed by atoms with van der Waals surface area (Å²) in [5.74, 6) is 1.54. The van der Waals surface area contributed by atoms with Crippen LogP contribution >= 0.6 is 0 Å². The quantitative estimate of drug-likeness (QED) is 0.201. The number of furan rings is 1. The van der Waals surface area contributed by atoms with Gasteiger partial charge in [0.2, 0.25) is 0 Å². The number of nitrogens with one attached hydrogen (secondary N) is 1. The predicted molar refractivity (Wildman–Crippen MR) is 211 cm³/mol. The van der Waals surface area contributed by atoms with Crippen LogP contribution in [0, 0.1) is 0 Å². The molecular weight excluding hydrogens is 623 g/mol. The minimum absolute atomic E-state index is 0.449. The van der Waals surface area contributed by atoms with Crippen molar-refractivity contribution in [3.05, 3.63) is 193 Å². The van der Waals surface area contributed by atoms with Gasteiger partial charge in [-0.1, -0.05) is 140 Å². The fraction of sp³-hybridized carbons (Fsp3) is 0.0213. The van der Waals surface area contributed by atoms with Crippen molar-refractivity contribution < 1.29 is 4.42 Å². The van der Waals surface area contributed by atoms with Gasteiger partial charge in [-0.15, -0.1) is 0 Å². The molecule has 0 saturated carbocycles. The molecule has 51 heavy (non-hydrogen) atoms. The summed E-state index contributed by atoms with van der Waals surface area (Å²) in [6.07, 6.45) is -0.449. The molecule has 0 saturated heterocycles. The lowest BCUT2D eigenvalue weighted by molar-refractivity contribution is 0.670. The molecule has 10 rings (SSSR count). The topological polar surface area (TPSA) is 49.9 Å². The van der Waals surface area contributed by atoms with Gasteiger partial charge in [0.25, 0.3) is 0 Å². The van der Waals surface area contributed by atoms with Gasteiger partial charge in [0, 0.05) is 27.5 Å². The summed E-state index contributed by atoms with van der Waals surface area (Å²) in [7, 11) is 0. The van der Waals surface area contributed by atoms with Gasteiger partial charge in [-0.2, -0.15) is 0 Å². The van der Waals surface area contributed by atoms with E-state index < -0.39 is 6.17 Å². The van der Waals surface area contributed by atoms with Crippen molar-refractivity contribution in [1.29, 1.82) is 0 Å². The Morgan fingerprint density at radius 3 is 1.90 bits per heavy atom. The molecule has 1 aliphatic heterocycles. The van der Waals surface area contributed by atoms with Crippen LogP contribution in [0.15, 0.2) is 190 Å². The third kappa shape index (κ3) is 5.17. The smallest absolute Gasteiger partial charge is 0.169 e. The van der Waals surface area contributed by atoms with E-state index in [1.165, 1.54) is 27.3 Å². The summed E-state index contributed by atoms with van der Waals surface area (Å²) in [4.78, 5) is 10.5. The average Bonchev–Trinajstić information content (AvgIpc) is 3.60. The summed E-state index contributed by atoms with van der Waals surface area (Å²) in [5.41, 5.74) is 9.22. The number of amidine groups is 2. The van der Waals surface area contributed by atoms with Crippen LogP contribution in [0.5, 0.6) is 0 Å². The number of hydrogen-bond donors (Lipinski definition) is 1. The van der Waals surface area contributed by atoms with Crippen molar-refractivity contribution in [1.82, 2.24) is 5.32 Å². The monoisotopic (exact) mass is 653 g/mol. The van der Waals surface area contributed by atoms with Gasteiger partial charge in [0.15, 0.2) is 6.17 Å². The van der Waals surface area contributed by atoms with Crippen LogP contribution in [0.2, 0.25) is 0 Å². The van der Waals surface area contributed by atoms with Gasteiger partial charge in [-0.3, -0.25) is 0 Å². The van der Waals surface area contributed by atoms with Gasteiger partial charge >= 0.3 is 0 Å². The van der Waals surface area contributed by atoms with Crippen LogP contribution in [0.4, 0.5) is 0 Å². The van der Waals surface area contributed by atoms with E-state index in [2.05, 4.69) is 151 Å². The maximum absolute atomic E-state index is 6.69. The van der Waals surface area contributed by atoms with E-state index in [4.69, 9.17) is 14.4 Å². The Bertz CT molecular complexity index is 2830. The zero-order valence-corrected chi connectivity index (χ0v) is 27.6. The molecule has 0 aliphatic carbocycles. The first-order valence-corrected chi connectivity index (χ1v) is 17.3. The molecule has 0 bridgehead atoms. The summed E-state index contributed by atoms with van der Waals surface area (Å²) in [6, 6.07) is 61.7. The lowest BCUT2D eigenvalue weighted by Crippen LogP contribution is -2.36. The van der Waals surface area contributed by atoms with Crippen LogP contribution in [0.25, 0.3) is 65.7 Å². The van der Waals surface area contributed by atoms with Gasteiger partial charge < -0.3 is 9.73 Å². The fourth-order valence-electron chi connectivity index (χ4n) is 7.32. The third-order valence-corrected chi connectivity index (χ3v) is 9.90. The molecule has 0 amide bonds. The molecule has 1 aliphatic rings. The molecule has 0 spiro atoms. The van der Waals surface area contributed by atoms with E-state index in [0.717, 1.165) is 66.8 Å². The standard InChI is InChI=1S/C47H31N3O/c1-3-11-30(12-4-1)35-22-19-32-21-24-37(29-38(32)28-35)46-48-45(33-14-5-2-6-15-33)49-47(50-46)41-26-25-39(36-23-20-31-13-7-8-16-34(31)27-36)44-43(41)40-17-9-10-18-42(40)51-44/h1-29,46H,(H,48,49,50). The average molecular weight is 654 g/mol. The summed E-state index contributed by atoms with van der Waals surface area (Å²) in [5, 5.41) is 10.5. The van der Waals surface area contributed by atoms with Crippen LogP contribution in [-0.2, 0) is 0 Å². The van der Waals surface area contributed by atoms with Crippen molar-refractivity contribution >= 4 is 55.2 Å². The van der Waals surface area contributed by atoms with Crippen LogP contribution < -0.4 is 5.32 Å².